The molecule has 1 aromatic carbocycles. The summed E-state index contributed by atoms with van der Waals surface area (Å²) in [7, 11) is 1.79. The van der Waals surface area contributed by atoms with E-state index in [4.69, 9.17) is 16.9 Å². The van der Waals surface area contributed by atoms with Crippen molar-refractivity contribution in [3.63, 3.8) is 0 Å². The Kier molecular flexibility index (Phi) is 4.64. The van der Waals surface area contributed by atoms with E-state index in [9.17, 15) is 4.79 Å². The van der Waals surface area contributed by atoms with Crippen LogP contribution in [0.1, 0.15) is 5.56 Å². The quantitative estimate of drug-likeness (QED) is 0.568. The van der Waals surface area contributed by atoms with Gasteiger partial charge in [0.15, 0.2) is 5.65 Å². The molecule has 0 aliphatic heterocycles. The molecular formula is C15H11ClN6OS. The number of fused-ring (bicyclic) bond motifs is 1. The number of nitriles is 1. The predicted molar refractivity (Wildman–Crippen MR) is 91.8 cm³/mol. The molecule has 0 radical (unpaired) electrons. The molecule has 0 atom stereocenters. The highest BCUT2D eigenvalue weighted by atomic mass is 35.5. The van der Waals surface area contributed by atoms with Gasteiger partial charge in [0.1, 0.15) is 17.4 Å². The topological polar surface area (TPSA) is 96.5 Å². The lowest BCUT2D eigenvalue weighted by atomic mass is 10.2. The number of aryl methyl sites for hydroxylation is 1. The fourth-order valence-electron chi connectivity index (χ4n) is 2.09. The van der Waals surface area contributed by atoms with Crippen LogP contribution in [-0.4, -0.2) is 31.4 Å². The monoisotopic (exact) mass is 358 g/mol. The SMILES string of the molecule is Cn1ncc2c(SCC(=O)Nc3cc(Cl)ccc3C#N)ncnc21. The minimum absolute atomic E-state index is 0.137. The van der Waals surface area contributed by atoms with Gasteiger partial charge in [-0.2, -0.15) is 10.4 Å². The molecule has 2 heterocycles. The highest BCUT2D eigenvalue weighted by Crippen LogP contribution is 2.25. The molecule has 0 bridgehead atoms. The van der Waals surface area contributed by atoms with Gasteiger partial charge in [-0.05, 0) is 18.2 Å². The molecule has 120 valence electrons. The van der Waals surface area contributed by atoms with Crippen molar-refractivity contribution in [2.45, 2.75) is 5.03 Å². The standard InChI is InChI=1S/C15H11ClN6OS/c1-22-14-11(6-20-22)15(19-8-18-14)24-7-13(23)21-12-4-10(16)3-2-9(12)5-17/h2-4,6,8H,7H2,1H3,(H,21,23). The summed E-state index contributed by atoms with van der Waals surface area (Å²) in [5.74, 6) is -0.118. The van der Waals surface area contributed by atoms with Crippen molar-refractivity contribution in [1.29, 1.82) is 5.26 Å². The number of aromatic nitrogens is 4. The second-order valence-corrected chi connectivity index (χ2v) is 6.22. The van der Waals surface area contributed by atoms with Gasteiger partial charge in [0.2, 0.25) is 5.91 Å². The second-order valence-electron chi connectivity index (χ2n) is 4.82. The van der Waals surface area contributed by atoms with Crippen molar-refractivity contribution in [3.8, 4) is 6.07 Å². The number of amides is 1. The number of hydrogen-bond acceptors (Lipinski definition) is 6. The van der Waals surface area contributed by atoms with Crippen LogP contribution >= 0.6 is 23.4 Å². The molecule has 9 heteroatoms. The molecule has 3 rings (SSSR count). The lowest BCUT2D eigenvalue weighted by Crippen LogP contribution is -2.15. The van der Waals surface area contributed by atoms with Gasteiger partial charge in [-0.25, -0.2) is 9.97 Å². The van der Waals surface area contributed by atoms with E-state index in [1.165, 1.54) is 18.1 Å². The Hall–Kier alpha value is -2.63. The maximum Gasteiger partial charge on any atom is 0.234 e. The van der Waals surface area contributed by atoms with Crippen molar-refractivity contribution in [2.75, 3.05) is 11.1 Å². The van der Waals surface area contributed by atoms with E-state index < -0.39 is 0 Å². The number of carbonyl (C=O) groups is 1. The smallest absolute Gasteiger partial charge is 0.234 e. The van der Waals surface area contributed by atoms with E-state index in [0.717, 1.165) is 5.39 Å². The molecule has 0 aliphatic carbocycles. The average molecular weight is 359 g/mol. The third-order valence-corrected chi connectivity index (χ3v) is 4.45. The van der Waals surface area contributed by atoms with E-state index in [1.54, 1.807) is 36.1 Å². The van der Waals surface area contributed by atoms with Gasteiger partial charge in [0.25, 0.3) is 0 Å². The molecule has 1 amide bonds. The number of nitrogens with one attached hydrogen (secondary N) is 1. The Balaban J connectivity index is 1.72. The second kappa shape index (κ2) is 6.86. The molecule has 2 aromatic heterocycles. The fraction of sp³-hybridized carbons (Fsp3) is 0.133. The molecule has 0 fully saturated rings. The molecule has 0 spiro atoms. The lowest BCUT2D eigenvalue weighted by molar-refractivity contribution is -0.113. The lowest BCUT2D eigenvalue weighted by Gasteiger charge is -2.07. The van der Waals surface area contributed by atoms with Crippen LogP contribution in [-0.2, 0) is 11.8 Å². The molecule has 0 saturated heterocycles. The van der Waals surface area contributed by atoms with Crippen LogP contribution in [0, 0.1) is 11.3 Å². The Morgan fingerprint density at radius 2 is 2.29 bits per heavy atom. The average Bonchev–Trinajstić information content (AvgIpc) is 2.95. The van der Waals surface area contributed by atoms with E-state index in [1.807, 2.05) is 6.07 Å². The van der Waals surface area contributed by atoms with Gasteiger partial charge < -0.3 is 5.32 Å². The molecule has 3 aromatic rings. The fourth-order valence-corrected chi connectivity index (χ4v) is 3.03. The van der Waals surface area contributed by atoms with Crippen LogP contribution in [0.3, 0.4) is 0 Å². The third-order valence-electron chi connectivity index (χ3n) is 3.21. The summed E-state index contributed by atoms with van der Waals surface area (Å²) >= 11 is 7.18. The van der Waals surface area contributed by atoms with Crippen LogP contribution in [0.2, 0.25) is 5.02 Å². The van der Waals surface area contributed by atoms with Crippen LogP contribution in [0.15, 0.2) is 35.7 Å². The van der Waals surface area contributed by atoms with Crippen LogP contribution in [0.4, 0.5) is 5.69 Å². The van der Waals surface area contributed by atoms with Gasteiger partial charge >= 0.3 is 0 Å². The normalized spacial score (nSPS) is 10.5. The first-order chi connectivity index (χ1) is 11.6. The number of thioether (sulfide) groups is 1. The Morgan fingerprint density at radius 3 is 3.08 bits per heavy atom. The maximum absolute atomic E-state index is 12.2. The molecule has 24 heavy (non-hydrogen) atoms. The van der Waals surface area contributed by atoms with Crippen molar-refractivity contribution >= 4 is 46.0 Å². The van der Waals surface area contributed by atoms with Crippen molar-refractivity contribution in [2.24, 2.45) is 7.05 Å². The van der Waals surface area contributed by atoms with Gasteiger partial charge in [-0.3, -0.25) is 9.48 Å². The zero-order valence-electron chi connectivity index (χ0n) is 12.5. The number of anilines is 1. The zero-order chi connectivity index (χ0) is 17.1. The van der Waals surface area contributed by atoms with Gasteiger partial charge in [0.05, 0.1) is 28.6 Å². The summed E-state index contributed by atoms with van der Waals surface area (Å²) in [4.78, 5) is 20.5. The number of halogens is 1. The van der Waals surface area contributed by atoms with Gasteiger partial charge in [-0.15, -0.1) is 0 Å². The third kappa shape index (κ3) is 3.32. The molecule has 7 nitrogen and oxygen atoms in total. The van der Waals surface area contributed by atoms with Crippen molar-refractivity contribution in [1.82, 2.24) is 19.7 Å². The number of carbonyl (C=O) groups excluding carboxylic acids is 1. The number of hydrogen-bond donors (Lipinski definition) is 1. The summed E-state index contributed by atoms with van der Waals surface area (Å²) < 4.78 is 1.65. The first-order valence-corrected chi connectivity index (χ1v) is 8.20. The van der Waals surface area contributed by atoms with Gasteiger partial charge in [-0.1, -0.05) is 23.4 Å². The number of benzene rings is 1. The number of nitrogens with zero attached hydrogens (tertiary/aromatic N) is 5. The maximum atomic E-state index is 12.2. The predicted octanol–water partition coefficient (Wildman–Crippen LogP) is 2.62. The Morgan fingerprint density at radius 1 is 1.46 bits per heavy atom. The van der Waals surface area contributed by atoms with E-state index >= 15 is 0 Å². The minimum atomic E-state index is -0.255. The number of rotatable bonds is 4. The molecule has 1 N–H and O–H groups in total. The van der Waals surface area contributed by atoms with Crippen LogP contribution in [0.25, 0.3) is 11.0 Å². The van der Waals surface area contributed by atoms with Crippen molar-refractivity contribution in [3.05, 3.63) is 41.3 Å². The molecular weight excluding hydrogens is 348 g/mol. The molecule has 0 saturated carbocycles. The summed E-state index contributed by atoms with van der Waals surface area (Å²) in [6, 6.07) is 6.73. The molecule has 0 unspecified atom stereocenters. The highest BCUT2D eigenvalue weighted by Gasteiger charge is 2.12. The van der Waals surface area contributed by atoms with Crippen LogP contribution in [0.5, 0.6) is 0 Å². The van der Waals surface area contributed by atoms with Crippen LogP contribution < -0.4 is 5.32 Å². The summed E-state index contributed by atoms with van der Waals surface area (Å²) in [5, 5.41) is 17.8. The first-order valence-electron chi connectivity index (χ1n) is 6.83. The van der Waals surface area contributed by atoms with Gasteiger partial charge in [0, 0.05) is 12.1 Å². The molecule has 0 aliphatic rings. The van der Waals surface area contributed by atoms with Crippen molar-refractivity contribution < 1.29 is 4.79 Å². The Labute approximate surface area is 146 Å². The van der Waals surface area contributed by atoms with E-state index in [2.05, 4.69) is 20.4 Å². The first kappa shape index (κ1) is 16.2. The van der Waals surface area contributed by atoms with E-state index in [0.29, 0.717) is 26.9 Å². The Bertz CT molecular complexity index is 964. The zero-order valence-corrected chi connectivity index (χ0v) is 14.1. The summed E-state index contributed by atoms with van der Waals surface area (Å²) in [6.07, 6.45) is 3.11. The summed E-state index contributed by atoms with van der Waals surface area (Å²) in [6.45, 7) is 0. The highest BCUT2D eigenvalue weighted by molar-refractivity contribution is 8.00. The minimum Gasteiger partial charge on any atom is -0.324 e. The summed E-state index contributed by atoms with van der Waals surface area (Å²) in [5.41, 5.74) is 1.45. The largest absolute Gasteiger partial charge is 0.324 e. The van der Waals surface area contributed by atoms with E-state index in [-0.39, 0.29) is 11.7 Å².